The number of phenols is 1. The Balaban J connectivity index is 1.93. The number of phenolic OH excluding ortho intramolecular Hbond substituents is 1. The third kappa shape index (κ3) is 3.09. The van der Waals surface area contributed by atoms with Gasteiger partial charge in [0.25, 0.3) is 5.91 Å². The first-order valence-corrected chi connectivity index (χ1v) is 8.39. The van der Waals surface area contributed by atoms with E-state index < -0.39 is 0 Å². The van der Waals surface area contributed by atoms with Crippen molar-refractivity contribution >= 4 is 61.9 Å². The second kappa shape index (κ2) is 6.24. The highest BCUT2D eigenvalue weighted by Gasteiger charge is 2.33. The van der Waals surface area contributed by atoms with E-state index in [9.17, 15) is 9.90 Å². The van der Waals surface area contributed by atoms with Crippen LogP contribution in [-0.2, 0) is 4.79 Å². The molecular formula is C16H10BrNO2S2. The summed E-state index contributed by atoms with van der Waals surface area (Å²) in [5, 5.41) is 9.57. The van der Waals surface area contributed by atoms with E-state index in [1.54, 1.807) is 18.2 Å². The molecule has 0 bridgehead atoms. The normalized spacial score (nSPS) is 16.6. The number of benzene rings is 2. The molecular weight excluding hydrogens is 382 g/mol. The van der Waals surface area contributed by atoms with Crippen molar-refractivity contribution in [2.24, 2.45) is 0 Å². The van der Waals surface area contributed by atoms with Crippen molar-refractivity contribution in [3.63, 3.8) is 0 Å². The summed E-state index contributed by atoms with van der Waals surface area (Å²) < 4.78 is 1.44. The fourth-order valence-corrected chi connectivity index (χ4v) is 3.60. The van der Waals surface area contributed by atoms with Crippen molar-refractivity contribution in [3.05, 3.63) is 63.5 Å². The minimum absolute atomic E-state index is 0.100. The molecule has 0 aliphatic carbocycles. The zero-order chi connectivity index (χ0) is 15.7. The molecule has 6 heteroatoms. The number of thiocarbonyl (C=S) groups is 1. The molecule has 3 rings (SSSR count). The number of carbonyl (C=O) groups is 1. The van der Waals surface area contributed by atoms with Gasteiger partial charge >= 0.3 is 0 Å². The molecule has 2 aromatic carbocycles. The molecule has 110 valence electrons. The molecule has 0 unspecified atom stereocenters. The maximum Gasteiger partial charge on any atom is 0.270 e. The number of nitrogens with zero attached hydrogens (tertiary/aromatic N) is 1. The van der Waals surface area contributed by atoms with Crippen LogP contribution >= 0.6 is 39.9 Å². The van der Waals surface area contributed by atoms with Crippen LogP contribution < -0.4 is 4.90 Å². The summed E-state index contributed by atoms with van der Waals surface area (Å²) in [6, 6.07) is 14.2. The monoisotopic (exact) mass is 391 g/mol. The molecule has 1 saturated heterocycles. The lowest BCUT2D eigenvalue weighted by atomic mass is 10.2. The highest BCUT2D eigenvalue weighted by molar-refractivity contribution is 9.10. The summed E-state index contributed by atoms with van der Waals surface area (Å²) in [5.41, 5.74) is 1.50. The van der Waals surface area contributed by atoms with Crippen LogP contribution in [0.15, 0.2) is 57.9 Å². The van der Waals surface area contributed by atoms with Gasteiger partial charge in [-0.2, -0.15) is 0 Å². The predicted octanol–water partition coefficient (Wildman–Crippen LogP) is 4.56. The van der Waals surface area contributed by atoms with E-state index >= 15 is 0 Å². The van der Waals surface area contributed by atoms with E-state index in [0.29, 0.717) is 14.9 Å². The largest absolute Gasteiger partial charge is 0.508 e. The minimum atomic E-state index is -0.177. The molecule has 22 heavy (non-hydrogen) atoms. The standard InChI is InChI=1S/C16H10BrNO2S2/c17-11-6-4-10(5-7-11)8-14-15(20)18(16(21)22-14)12-2-1-3-13(19)9-12/h1-9,19H/b14-8-. The number of aromatic hydroxyl groups is 1. The molecule has 1 heterocycles. The second-order valence-electron chi connectivity index (χ2n) is 4.59. The van der Waals surface area contributed by atoms with Crippen LogP contribution in [0.5, 0.6) is 5.75 Å². The smallest absolute Gasteiger partial charge is 0.270 e. The number of thioether (sulfide) groups is 1. The number of hydrogen-bond donors (Lipinski definition) is 1. The van der Waals surface area contributed by atoms with Crippen LogP contribution in [0.4, 0.5) is 5.69 Å². The average molecular weight is 392 g/mol. The van der Waals surface area contributed by atoms with E-state index in [0.717, 1.165) is 10.0 Å². The fraction of sp³-hybridized carbons (Fsp3) is 0. The zero-order valence-electron chi connectivity index (χ0n) is 11.2. The summed E-state index contributed by atoms with van der Waals surface area (Å²) in [6.07, 6.45) is 1.81. The van der Waals surface area contributed by atoms with Gasteiger partial charge in [-0.1, -0.05) is 58.1 Å². The lowest BCUT2D eigenvalue weighted by Crippen LogP contribution is -2.27. The van der Waals surface area contributed by atoms with Crippen molar-refractivity contribution in [2.75, 3.05) is 4.90 Å². The zero-order valence-corrected chi connectivity index (χ0v) is 14.4. The Morgan fingerprint density at radius 3 is 2.59 bits per heavy atom. The number of carbonyl (C=O) groups excluding carboxylic acids is 1. The fourth-order valence-electron chi connectivity index (χ4n) is 2.03. The number of anilines is 1. The van der Waals surface area contributed by atoms with Gasteiger partial charge in [0.1, 0.15) is 5.75 Å². The van der Waals surface area contributed by atoms with E-state index in [-0.39, 0.29) is 11.7 Å². The SMILES string of the molecule is O=C1/C(=C/c2ccc(Br)cc2)SC(=S)N1c1cccc(O)c1. The maximum absolute atomic E-state index is 12.6. The number of halogens is 1. The van der Waals surface area contributed by atoms with Crippen LogP contribution in [0.25, 0.3) is 6.08 Å². The number of hydrogen-bond acceptors (Lipinski definition) is 4. The first kappa shape index (κ1) is 15.3. The van der Waals surface area contributed by atoms with Crippen molar-refractivity contribution in [2.45, 2.75) is 0 Å². The molecule has 1 N–H and O–H groups in total. The van der Waals surface area contributed by atoms with E-state index in [4.69, 9.17) is 12.2 Å². The summed E-state index contributed by atoms with van der Waals surface area (Å²) in [7, 11) is 0. The van der Waals surface area contributed by atoms with E-state index in [1.165, 1.54) is 22.7 Å². The molecule has 3 nitrogen and oxygen atoms in total. The molecule has 0 atom stereocenters. The third-order valence-electron chi connectivity index (χ3n) is 3.05. The minimum Gasteiger partial charge on any atom is -0.508 e. The van der Waals surface area contributed by atoms with Crippen molar-refractivity contribution in [3.8, 4) is 5.75 Å². The topological polar surface area (TPSA) is 40.5 Å². The highest BCUT2D eigenvalue weighted by Crippen LogP contribution is 2.36. The number of rotatable bonds is 2. The van der Waals surface area contributed by atoms with Gasteiger partial charge in [-0.05, 0) is 35.9 Å². The quantitative estimate of drug-likeness (QED) is 0.601. The molecule has 2 aromatic rings. The van der Waals surface area contributed by atoms with Crippen LogP contribution in [-0.4, -0.2) is 15.3 Å². The Labute approximate surface area is 145 Å². The molecule has 0 spiro atoms. The Bertz CT molecular complexity index is 787. The average Bonchev–Trinajstić information content (AvgIpc) is 2.76. The van der Waals surface area contributed by atoms with Gasteiger partial charge in [0.2, 0.25) is 0 Å². The van der Waals surface area contributed by atoms with Gasteiger partial charge in [0.15, 0.2) is 4.32 Å². The molecule has 1 aliphatic heterocycles. The van der Waals surface area contributed by atoms with Gasteiger partial charge in [0, 0.05) is 10.5 Å². The maximum atomic E-state index is 12.6. The summed E-state index contributed by atoms with van der Waals surface area (Å²) in [4.78, 5) is 14.6. The lowest BCUT2D eigenvalue weighted by molar-refractivity contribution is -0.113. The first-order valence-electron chi connectivity index (χ1n) is 6.37. The van der Waals surface area contributed by atoms with Crippen LogP contribution in [0, 0.1) is 0 Å². The Morgan fingerprint density at radius 2 is 1.91 bits per heavy atom. The van der Waals surface area contributed by atoms with E-state index in [2.05, 4.69) is 15.9 Å². The summed E-state index contributed by atoms with van der Waals surface area (Å²) >= 11 is 9.93. The van der Waals surface area contributed by atoms with Gasteiger partial charge in [-0.3, -0.25) is 9.69 Å². The van der Waals surface area contributed by atoms with E-state index in [1.807, 2.05) is 30.3 Å². The molecule has 0 aromatic heterocycles. The molecule has 0 saturated carbocycles. The van der Waals surface area contributed by atoms with Gasteiger partial charge in [0.05, 0.1) is 10.6 Å². The van der Waals surface area contributed by atoms with Gasteiger partial charge in [-0.25, -0.2) is 0 Å². The van der Waals surface area contributed by atoms with Crippen molar-refractivity contribution in [1.29, 1.82) is 0 Å². The predicted molar refractivity (Wildman–Crippen MR) is 97.9 cm³/mol. The molecule has 1 amide bonds. The van der Waals surface area contributed by atoms with Crippen LogP contribution in [0.1, 0.15) is 5.56 Å². The second-order valence-corrected chi connectivity index (χ2v) is 7.18. The third-order valence-corrected chi connectivity index (χ3v) is 4.88. The van der Waals surface area contributed by atoms with Crippen LogP contribution in [0.3, 0.4) is 0 Å². The molecule has 1 aliphatic rings. The van der Waals surface area contributed by atoms with Crippen LogP contribution in [0.2, 0.25) is 0 Å². The summed E-state index contributed by atoms with van der Waals surface area (Å²) in [6.45, 7) is 0. The molecule has 0 radical (unpaired) electrons. The Morgan fingerprint density at radius 1 is 1.18 bits per heavy atom. The lowest BCUT2D eigenvalue weighted by Gasteiger charge is -2.14. The van der Waals surface area contributed by atoms with Gasteiger partial charge < -0.3 is 5.11 Å². The highest BCUT2D eigenvalue weighted by atomic mass is 79.9. The Hall–Kier alpha value is -1.63. The summed E-state index contributed by atoms with van der Waals surface area (Å²) in [5.74, 6) is -0.0769. The first-order chi connectivity index (χ1) is 10.5. The molecule has 1 fully saturated rings. The van der Waals surface area contributed by atoms with Gasteiger partial charge in [-0.15, -0.1) is 0 Å². The Kier molecular flexibility index (Phi) is 4.33. The number of amides is 1. The van der Waals surface area contributed by atoms with Crippen molar-refractivity contribution < 1.29 is 9.90 Å². The van der Waals surface area contributed by atoms with Crippen molar-refractivity contribution in [1.82, 2.24) is 0 Å².